The van der Waals surface area contributed by atoms with E-state index >= 15 is 0 Å². The lowest BCUT2D eigenvalue weighted by Crippen LogP contribution is -2.19. The molecule has 2 amide bonds. The third-order valence-electron chi connectivity index (χ3n) is 5.35. The quantitative estimate of drug-likeness (QED) is 0.459. The molecule has 4 rings (SSSR count). The number of hydrogen-bond acceptors (Lipinski definition) is 4. The van der Waals surface area contributed by atoms with Gasteiger partial charge in [-0.3, -0.25) is 19.6 Å². The molecule has 0 spiro atoms. The molecule has 4 aromatic rings. The Kier molecular flexibility index (Phi) is 6.26. The van der Waals surface area contributed by atoms with Crippen molar-refractivity contribution in [2.75, 3.05) is 12.4 Å². The van der Waals surface area contributed by atoms with Gasteiger partial charge in [0.2, 0.25) is 0 Å². The Morgan fingerprint density at radius 3 is 2.33 bits per heavy atom. The highest BCUT2D eigenvalue weighted by Crippen LogP contribution is 2.29. The highest BCUT2D eigenvalue weighted by Gasteiger charge is 2.11. The summed E-state index contributed by atoms with van der Waals surface area (Å²) in [6.45, 7) is 3.89. The minimum Gasteiger partial charge on any atom is -0.354 e. The van der Waals surface area contributed by atoms with Crippen molar-refractivity contribution in [3.63, 3.8) is 0 Å². The number of benzene rings is 2. The fourth-order valence-corrected chi connectivity index (χ4v) is 3.61. The molecule has 0 radical (unpaired) electrons. The van der Waals surface area contributed by atoms with Crippen LogP contribution in [0.25, 0.3) is 22.3 Å². The topological polar surface area (TPSA) is 84.0 Å². The first-order valence-electron chi connectivity index (χ1n) is 10.6. The van der Waals surface area contributed by atoms with Crippen LogP contribution in [0.5, 0.6) is 0 Å². The van der Waals surface area contributed by atoms with E-state index in [9.17, 15) is 9.59 Å². The first-order valence-corrected chi connectivity index (χ1v) is 10.6. The van der Waals surface area contributed by atoms with Crippen molar-refractivity contribution < 1.29 is 9.59 Å². The molecule has 0 atom stereocenters. The minimum atomic E-state index is -0.231. The summed E-state index contributed by atoms with van der Waals surface area (Å²) in [6.07, 6.45) is 3.29. The van der Waals surface area contributed by atoms with Crippen LogP contribution in [0, 0.1) is 13.8 Å². The van der Waals surface area contributed by atoms with Gasteiger partial charge in [0.25, 0.3) is 11.8 Å². The van der Waals surface area contributed by atoms with Crippen LogP contribution in [-0.4, -0.2) is 28.8 Å². The van der Waals surface area contributed by atoms with Gasteiger partial charge < -0.3 is 10.6 Å². The van der Waals surface area contributed by atoms with Gasteiger partial charge in [-0.25, -0.2) is 0 Å². The molecular weight excluding hydrogens is 412 g/mol. The molecule has 0 aliphatic heterocycles. The van der Waals surface area contributed by atoms with Gasteiger partial charge in [0.15, 0.2) is 0 Å². The largest absolute Gasteiger partial charge is 0.354 e. The predicted molar refractivity (Wildman–Crippen MR) is 130 cm³/mol. The van der Waals surface area contributed by atoms with Crippen molar-refractivity contribution >= 4 is 17.5 Å². The summed E-state index contributed by atoms with van der Waals surface area (Å²) < 4.78 is 0. The second kappa shape index (κ2) is 9.44. The maximum absolute atomic E-state index is 12.7. The maximum Gasteiger partial charge on any atom is 0.269 e. The molecule has 0 aliphatic carbocycles. The van der Waals surface area contributed by atoms with Gasteiger partial charge in [-0.1, -0.05) is 35.9 Å². The van der Waals surface area contributed by atoms with Gasteiger partial charge in [0.1, 0.15) is 5.69 Å². The van der Waals surface area contributed by atoms with Crippen molar-refractivity contribution in [3.05, 3.63) is 102 Å². The standard InChI is InChI=1S/C27H24N4O2/c1-17-6-4-9-22(12-17)26(32)31-23-15-24(18(2)30-16-23)21-8-5-7-19(13-21)20-10-11-29-25(14-20)27(33)28-3/h4-16H,1-3H3,(H,28,33)(H,31,32). The summed E-state index contributed by atoms with van der Waals surface area (Å²) >= 11 is 0. The lowest BCUT2D eigenvalue weighted by atomic mass is 9.98. The molecule has 2 heterocycles. The molecule has 0 aliphatic rings. The van der Waals surface area contributed by atoms with Crippen LogP contribution in [0.3, 0.4) is 0 Å². The lowest BCUT2D eigenvalue weighted by Gasteiger charge is -2.12. The highest BCUT2D eigenvalue weighted by atomic mass is 16.2. The zero-order valence-electron chi connectivity index (χ0n) is 18.7. The van der Waals surface area contributed by atoms with Crippen molar-refractivity contribution in [3.8, 4) is 22.3 Å². The number of aromatic nitrogens is 2. The summed E-state index contributed by atoms with van der Waals surface area (Å²) in [5.41, 5.74) is 7.18. The molecule has 33 heavy (non-hydrogen) atoms. The molecule has 0 fully saturated rings. The summed E-state index contributed by atoms with van der Waals surface area (Å²) in [6, 6.07) is 21.0. The molecule has 0 unspecified atom stereocenters. The molecule has 6 nitrogen and oxygen atoms in total. The van der Waals surface area contributed by atoms with Gasteiger partial charge in [-0.2, -0.15) is 0 Å². The molecule has 0 saturated heterocycles. The van der Waals surface area contributed by atoms with Gasteiger partial charge in [-0.15, -0.1) is 0 Å². The Morgan fingerprint density at radius 1 is 0.788 bits per heavy atom. The summed E-state index contributed by atoms with van der Waals surface area (Å²) in [4.78, 5) is 33.3. The monoisotopic (exact) mass is 436 g/mol. The van der Waals surface area contributed by atoms with Gasteiger partial charge in [0, 0.05) is 30.1 Å². The van der Waals surface area contributed by atoms with Crippen LogP contribution in [0.2, 0.25) is 0 Å². The Hall–Kier alpha value is -4.32. The van der Waals surface area contributed by atoms with E-state index in [0.717, 1.165) is 33.5 Å². The van der Waals surface area contributed by atoms with E-state index in [1.165, 1.54) is 0 Å². The molecule has 6 heteroatoms. The Labute approximate surface area is 192 Å². The normalized spacial score (nSPS) is 10.5. The van der Waals surface area contributed by atoms with Crippen LogP contribution < -0.4 is 10.6 Å². The first kappa shape index (κ1) is 21.9. The van der Waals surface area contributed by atoms with Crippen LogP contribution in [-0.2, 0) is 0 Å². The second-order valence-electron chi connectivity index (χ2n) is 7.77. The van der Waals surface area contributed by atoms with E-state index in [0.29, 0.717) is 16.9 Å². The molecule has 2 aromatic heterocycles. The third-order valence-corrected chi connectivity index (χ3v) is 5.35. The van der Waals surface area contributed by atoms with Gasteiger partial charge in [0.05, 0.1) is 11.9 Å². The lowest BCUT2D eigenvalue weighted by molar-refractivity contribution is 0.0957. The minimum absolute atomic E-state index is 0.178. The molecule has 2 aromatic carbocycles. The number of nitrogens with zero attached hydrogens (tertiary/aromatic N) is 2. The van der Waals surface area contributed by atoms with E-state index in [4.69, 9.17) is 0 Å². The predicted octanol–water partition coefficient (Wildman–Crippen LogP) is 5.04. The van der Waals surface area contributed by atoms with Gasteiger partial charge >= 0.3 is 0 Å². The molecular formula is C27H24N4O2. The van der Waals surface area contributed by atoms with Crippen molar-refractivity contribution in [2.24, 2.45) is 0 Å². The van der Waals surface area contributed by atoms with E-state index in [2.05, 4.69) is 20.6 Å². The smallest absolute Gasteiger partial charge is 0.269 e. The Bertz CT molecular complexity index is 1350. The number of anilines is 1. The van der Waals surface area contributed by atoms with Crippen molar-refractivity contribution in [2.45, 2.75) is 13.8 Å². The zero-order valence-corrected chi connectivity index (χ0v) is 18.7. The number of pyridine rings is 2. The zero-order chi connectivity index (χ0) is 23.4. The SMILES string of the molecule is CNC(=O)c1cc(-c2cccc(-c3cc(NC(=O)c4cccc(C)c4)cnc3C)c2)ccn1. The maximum atomic E-state index is 12.7. The van der Waals surface area contributed by atoms with Crippen LogP contribution in [0.1, 0.15) is 32.1 Å². The van der Waals surface area contributed by atoms with Crippen LogP contribution in [0.4, 0.5) is 5.69 Å². The van der Waals surface area contributed by atoms with E-state index in [1.807, 2.05) is 68.4 Å². The number of carbonyl (C=O) groups excluding carboxylic acids is 2. The van der Waals surface area contributed by atoms with E-state index in [-0.39, 0.29) is 11.8 Å². The highest BCUT2D eigenvalue weighted by molar-refractivity contribution is 6.04. The van der Waals surface area contributed by atoms with Crippen LogP contribution in [0.15, 0.2) is 79.1 Å². The second-order valence-corrected chi connectivity index (χ2v) is 7.77. The molecule has 0 bridgehead atoms. The number of aryl methyl sites for hydroxylation is 2. The molecule has 164 valence electrons. The third kappa shape index (κ3) is 4.96. The first-order chi connectivity index (χ1) is 15.9. The van der Waals surface area contributed by atoms with Crippen molar-refractivity contribution in [1.29, 1.82) is 0 Å². The van der Waals surface area contributed by atoms with Crippen LogP contribution >= 0.6 is 0 Å². The number of hydrogen-bond donors (Lipinski definition) is 2. The summed E-state index contributed by atoms with van der Waals surface area (Å²) in [5.74, 6) is -0.410. The summed E-state index contributed by atoms with van der Waals surface area (Å²) in [7, 11) is 1.58. The average molecular weight is 437 g/mol. The van der Waals surface area contributed by atoms with E-state index in [1.54, 1.807) is 31.6 Å². The number of nitrogens with one attached hydrogen (secondary N) is 2. The summed E-state index contributed by atoms with van der Waals surface area (Å²) in [5, 5.41) is 5.54. The number of carbonyl (C=O) groups is 2. The molecule has 0 saturated carbocycles. The fraction of sp³-hybridized carbons (Fsp3) is 0.111. The number of rotatable bonds is 5. The Morgan fingerprint density at radius 2 is 1.55 bits per heavy atom. The van der Waals surface area contributed by atoms with Crippen molar-refractivity contribution in [1.82, 2.24) is 15.3 Å². The fourth-order valence-electron chi connectivity index (χ4n) is 3.61. The molecule has 2 N–H and O–H groups in total. The average Bonchev–Trinajstić information content (AvgIpc) is 2.85. The van der Waals surface area contributed by atoms with Gasteiger partial charge in [-0.05, 0) is 66.9 Å². The number of amides is 2. The Balaban J connectivity index is 1.65. The van der Waals surface area contributed by atoms with E-state index < -0.39 is 0 Å².